The van der Waals surface area contributed by atoms with Gasteiger partial charge in [0.05, 0.1) is 5.37 Å². The molecule has 0 aromatic heterocycles. The third kappa shape index (κ3) is 15.7. The SMILES string of the molecule is CCCCCCCCCCCCCCCC(S)N=[N+]=[N-]. The summed E-state index contributed by atoms with van der Waals surface area (Å²) in [5.74, 6) is 0. The van der Waals surface area contributed by atoms with Gasteiger partial charge < -0.3 is 0 Å². The lowest BCUT2D eigenvalue weighted by Gasteiger charge is -2.04. The molecule has 118 valence electrons. The fourth-order valence-electron chi connectivity index (χ4n) is 2.46. The van der Waals surface area contributed by atoms with Gasteiger partial charge in [-0.1, -0.05) is 95.5 Å². The molecular weight excluding hydrogens is 266 g/mol. The molecule has 20 heavy (non-hydrogen) atoms. The van der Waals surface area contributed by atoms with Crippen LogP contribution in [0.3, 0.4) is 0 Å². The molecule has 0 aliphatic carbocycles. The predicted octanol–water partition coefficient (Wildman–Crippen LogP) is 7.03. The summed E-state index contributed by atoms with van der Waals surface area (Å²) in [6.07, 6.45) is 18.6. The molecule has 0 aromatic carbocycles. The van der Waals surface area contributed by atoms with Gasteiger partial charge in [-0.2, -0.15) is 12.6 Å². The fraction of sp³-hybridized carbons (Fsp3) is 1.00. The predicted molar refractivity (Wildman–Crippen MR) is 92.2 cm³/mol. The molecule has 0 fully saturated rings. The number of hydrogen-bond acceptors (Lipinski definition) is 2. The second-order valence-corrected chi connectivity index (χ2v) is 6.31. The summed E-state index contributed by atoms with van der Waals surface area (Å²) >= 11 is 4.20. The monoisotopic (exact) mass is 299 g/mol. The zero-order valence-corrected chi connectivity index (χ0v) is 14.2. The Labute approximate surface area is 131 Å². The van der Waals surface area contributed by atoms with Crippen molar-refractivity contribution in [2.24, 2.45) is 5.11 Å². The van der Waals surface area contributed by atoms with E-state index in [4.69, 9.17) is 5.53 Å². The Morgan fingerprint density at radius 1 is 0.800 bits per heavy atom. The highest BCUT2D eigenvalue weighted by molar-refractivity contribution is 7.80. The van der Waals surface area contributed by atoms with E-state index in [0.717, 1.165) is 12.8 Å². The smallest absolute Gasteiger partial charge is 0.0803 e. The van der Waals surface area contributed by atoms with Crippen LogP contribution < -0.4 is 0 Å². The molecule has 0 spiro atoms. The van der Waals surface area contributed by atoms with E-state index in [1.807, 2.05) is 0 Å². The van der Waals surface area contributed by atoms with E-state index < -0.39 is 0 Å². The van der Waals surface area contributed by atoms with Crippen LogP contribution >= 0.6 is 12.6 Å². The Hall–Kier alpha value is -0.340. The fourth-order valence-corrected chi connectivity index (χ4v) is 2.69. The quantitative estimate of drug-likeness (QED) is 0.111. The zero-order valence-electron chi connectivity index (χ0n) is 13.3. The van der Waals surface area contributed by atoms with Crippen LogP contribution in [0.25, 0.3) is 10.4 Å². The average molecular weight is 300 g/mol. The Morgan fingerprint density at radius 2 is 1.20 bits per heavy atom. The molecule has 0 bridgehead atoms. The molecule has 0 N–H and O–H groups in total. The number of hydrogen-bond donors (Lipinski definition) is 1. The number of azide groups is 1. The summed E-state index contributed by atoms with van der Waals surface area (Å²) in [6, 6.07) is 0. The van der Waals surface area contributed by atoms with Gasteiger partial charge in [-0.05, 0) is 12.0 Å². The van der Waals surface area contributed by atoms with Gasteiger partial charge >= 0.3 is 0 Å². The maximum atomic E-state index is 8.25. The summed E-state index contributed by atoms with van der Waals surface area (Å²) in [6.45, 7) is 2.27. The zero-order chi connectivity index (χ0) is 14.9. The summed E-state index contributed by atoms with van der Waals surface area (Å²) in [7, 11) is 0. The highest BCUT2D eigenvalue weighted by Crippen LogP contribution is 2.14. The van der Waals surface area contributed by atoms with Crippen LogP contribution in [0.5, 0.6) is 0 Å². The Bertz CT molecular complexity index is 240. The van der Waals surface area contributed by atoms with Gasteiger partial charge in [-0.25, -0.2) is 0 Å². The van der Waals surface area contributed by atoms with Crippen molar-refractivity contribution < 1.29 is 0 Å². The third-order valence-electron chi connectivity index (χ3n) is 3.75. The first-order valence-electron chi connectivity index (χ1n) is 8.53. The molecule has 4 heteroatoms. The van der Waals surface area contributed by atoms with Crippen LogP contribution in [-0.4, -0.2) is 5.37 Å². The lowest BCUT2D eigenvalue weighted by molar-refractivity contribution is 0.534. The average Bonchev–Trinajstić information content (AvgIpc) is 2.44. The van der Waals surface area contributed by atoms with E-state index in [1.165, 1.54) is 77.0 Å². The van der Waals surface area contributed by atoms with Crippen molar-refractivity contribution >= 4 is 12.6 Å². The minimum Gasteiger partial charge on any atom is -0.170 e. The molecule has 0 aliphatic heterocycles. The topological polar surface area (TPSA) is 48.8 Å². The standard InChI is InChI=1S/C16H33N3S/c1-2-3-4-5-6-7-8-9-10-11-12-13-14-15-16(20)18-19-17/h16,20H,2-15H2,1H3. The third-order valence-corrected chi connectivity index (χ3v) is 4.11. The lowest BCUT2D eigenvalue weighted by Crippen LogP contribution is -1.92. The van der Waals surface area contributed by atoms with E-state index >= 15 is 0 Å². The molecule has 0 aromatic rings. The minimum atomic E-state index is -0.132. The van der Waals surface area contributed by atoms with Crippen LogP contribution in [0.4, 0.5) is 0 Å². The molecular formula is C16H33N3S. The van der Waals surface area contributed by atoms with Crippen LogP contribution in [-0.2, 0) is 0 Å². The summed E-state index contributed by atoms with van der Waals surface area (Å²) in [5.41, 5.74) is 8.25. The number of nitrogens with zero attached hydrogens (tertiary/aromatic N) is 3. The van der Waals surface area contributed by atoms with Crippen molar-refractivity contribution in [1.29, 1.82) is 0 Å². The Morgan fingerprint density at radius 3 is 1.60 bits per heavy atom. The van der Waals surface area contributed by atoms with Gasteiger partial charge in [0.25, 0.3) is 0 Å². The normalized spacial score (nSPS) is 12.1. The van der Waals surface area contributed by atoms with Crippen LogP contribution in [0, 0.1) is 0 Å². The van der Waals surface area contributed by atoms with Crippen molar-refractivity contribution in [3.05, 3.63) is 10.4 Å². The van der Waals surface area contributed by atoms with E-state index in [9.17, 15) is 0 Å². The number of thiol groups is 1. The number of unbranched alkanes of at least 4 members (excludes halogenated alkanes) is 12. The molecule has 0 saturated heterocycles. The second-order valence-electron chi connectivity index (χ2n) is 5.72. The maximum absolute atomic E-state index is 8.25. The molecule has 3 nitrogen and oxygen atoms in total. The highest BCUT2D eigenvalue weighted by Gasteiger charge is 1.98. The summed E-state index contributed by atoms with van der Waals surface area (Å²) in [5, 5.41) is 3.43. The van der Waals surface area contributed by atoms with E-state index in [-0.39, 0.29) is 5.37 Å². The van der Waals surface area contributed by atoms with Crippen molar-refractivity contribution in [1.82, 2.24) is 0 Å². The van der Waals surface area contributed by atoms with Gasteiger partial charge in [-0.3, -0.25) is 0 Å². The van der Waals surface area contributed by atoms with E-state index in [2.05, 4.69) is 29.6 Å². The molecule has 0 heterocycles. The van der Waals surface area contributed by atoms with Gasteiger partial charge in [0.15, 0.2) is 0 Å². The van der Waals surface area contributed by atoms with Crippen LogP contribution in [0.1, 0.15) is 96.8 Å². The van der Waals surface area contributed by atoms with Crippen molar-refractivity contribution in [2.45, 2.75) is 102 Å². The van der Waals surface area contributed by atoms with Gasteiger partial charge in [0.1, 0.15) is 0 Å². The summed E-state index contributed by atoms with van der Waals surface area (Å²) < 4.78 is 0. The molecule has 0 rings (SSSR count). The van der Waals surface area contributed by atoms with Gasteiger partial charge in [0, 0.05) is 4.91 Å². The molecule has 0 amide bonds. The molecule has 0 radical (unpaired) electrons. The van der Waals surface area contributed by atoms with Crippen LogP contribution in [0.2, 0.25) is 0 Å². The second kappa shape index (κ2) is 16.7. The molecule has 0 saturated carbocycles. The molecule has 0 aliphatic rings. The van der Waals surface area contributed by atoms with Crippen molar-refractivity contribution in [2.75, 3.05) is 0 Å². The number of rotatable bonds is 15. The molecule has 1 atom stereocenters. The first-order chi connectivity index (χ1) is 9.81. The van der Waals surface area contributed by atoms with Crippen molar-refractivity contribution in [3.63, 3.8) is 0 Å². The first-order valence-corrected chi connectivity index (χ1v) is 9.05. The van der Waals surface area contributed by atoms with Gasteiger partial charge in [-0.15, -0.1) is 0 Å². The van der Waals surface area contributed by atoms with E-state index in [0.29, 0.717) is 0 Å². The highest BCUT2D eigenvalue weighted by atomic mass is 32.1. The van der Waals surface area contributed by atoms with Crippen LogP contribution in [0.15, 0.2) is 5.11 Å². The van der Waals surface area contributed by atoms with Gasteiger partial charge in [0.2, 0.25) is 0 Å². The Kier molecular flexibility index (Phi) is 16.4. The lowest BCUT2D eigenvalue weighted by atomic mass is 10.0. The van der Waals surface area contributed by atoms with Crippen molar-refractivity contribution in [3.8, 4) is 0 Å². The molecule has 1 unspecified atom stereocenters. The largest absolute Gasteiger partial charge is 0.170 e. The Balaban J connectivity index is 3.04. The van der Waals surface area contributed by atoms with E-state index in [1.54, 1.807) is 0 Å². The minimum absolute atomic E-state index is 0.132. The summed E-state index contributed by atoms with van der Waals surface area (Å²) in [4.78, 5) is 2.76. The maximum Gasteiger partial charge on any atom is 0.0803 e. The first kappa shape index (κ1) is 19.7.